The molecule has 1 aromatic carbocycles. The highest BCUT2D eigenvalue weighted by Crippen LogP contribution is 2.26. The summed E-state index contributed by atoms with van der Waals surface area (Å²) in [5.41, 5.74) is 1.80. The molecule has 0 atom stereocenters. The van der Waals surface area contributed by atoms with Crippen molar-refractivity contribution in [1.82, 2.24) is 4.98 Å². The molecule has 1 aromatic heterocycles. The molecule has 2 aromatic rings. The number of rotatable bonds is 5. The minimum atomic E-state index is -0.290. The zero-order chi connectivity index (χ0) is 15.2. The minimum absolute atomic E-state index is 0.290. The number of nitrogens with one attached hydrogen (secondary N) is 2. The highest BCUT2D eigenvalue weighted by Gasteiger charge is 2.10. The van der Waals surface area contributed by atoms with Crippen LogP contribution in [0.4, 0.5) is 11.4 Å². The van der Waals surface area contributed by atoms with Gasteiger partial charge in [0.05, 0.1) is 22.6 Å². The second kappa shape index (κ2) is 7.43. The van der Waals surface area contributed by atoms with Crippen molar-refractivity contribution in [2.24, 2.45) is 0 Å². The van der Waals surface area contributed by atoms with E-state index in [4.69, 9.17) is 11.6 Å². The van der Waals surface area contributed by atoms with E-state index in [9.17, 15) is 4.79 Å². The molecular weight excluding hydrogens is 354 g/mol. The Bertz CT molecular complexity index is 631. The van der Waals surface area contributed by atoms with E-state index in [1.165, 1.54) is 0 Å². The molecule has 2 rings (SSSR count). The van der Waals surface area contributed by atoms with Crippen LogP contribution >= 0.6 is 27.5 Å². The molecule has 0 aliphatic carbocycles. The molecule has 0 aliphatic rings. The van der Waals surface area contributed by atoms with Crippen LogP contribution in [0.2, 0.25) is 5.02 Å². The number of pyridine rings is 1. The third-order valence-electron chi connectivity index (χ3n) is 2.75. The third-order valence-corrected chi connectivity index (χ3v) is 3.56. The largest absolute Gasteiger partial charge is 0.384 e. The fraction of sp³-hybridized carbons (Fsp3) is 0.200. The van der Waals surface area contributed by atoms with Crippen LogP contribution in [0.5, 0.6) is 0 Å². The maximum Gasteiger partial charge on any atom is 0.274 e. The summed E-state index contributed by atoms with van der Waals surface area (Å²) in [4.78, 5) is 16.3. The van der Waals surface area contributed by atoms with Crippen molar-refractivity contribution in [3.63, 3.8) is 0 Å². The van der Waals surface area contributed by atoms with Crippen LogP contribution in [0.25, 0.3) is 0 Å². The Kier molecular flexibility index (Phi) is 5.59. The second-order valence-electron chi connectivity index (χ2n) is 4.44. The lowest BCUT2D eigenvalue weighted by atomic mass is 10.2. The average molecular weight is 369 g/mol. The summed E-state index contributed by atoms with van der Waals surface area (Å²) in [6.07, 6.45) is 2.68. The molecule has 0 saturated heterocycles. The van der Waals surface area contributed by atoms with Crippen LogP contribution in [0.1, 0.15) is 23.8 Å². The van der Waals surface area contributed by atoms with Gasteiger partial charge in [0.2, 0.25) is 0 Å². The number of carbonyl (C=O) groups excluding carboxylic acids is 1. The van der Waals surface area contributed by atoms with Crippen molar-refractivity contribution in [2.75, 3.05) is 17.2 Å². The molecule has 0 bridgehead atoms. The van der Waals surface area contributed by atoms with Gasteiger partial charge in [-0.2, -0.15) is 0 Å². The molecule has 0 radical (unpaired) electrons. The van der Waals surface area contributed by atoms with Gasteiger partial charge in [0, 0.05) is 11.0 Å². The second-order valence-corrected chi connectivity index (χ2v) is 5.76. The van der Waals surface area contributed by atoms with Gasteiger partial charge in [-0.05, 0) is 36.8 Å². The number of nitrogens with zero attached hydrogens (tertiary/aromatic N) is 1. The number of benzene rings is 1. The molecule has 0 aliphatic heterocycles. The van der Waals surface area contributed by atoms with Crippen LogP contribution in [0.15, 0.2) is 41.0 Å². The quantitative estimate of drug-likeness (QED) is 0.812. The number of aromatic nitrogens is 1. The first kappa shape index (κ1) is 15.8. The Labute approximate surface area is 137 Å². The number of amides is 1. The monoisotopic (exact) mass is 367 g/mol. The van der Waals surface area contributed by atoms with Crippen LogP contribution in [-0.4, -0.2) is 17.4 Å². The summed E-state index contributed by atoms with van der Waals surface area (Å²) in [6.45, 7) is 2.96. The van der Waals surface area contributed by atoms with Crippen molar-refractivity contribution >= 4 is 44.8 Å². The molecular formula is C15H15BrClN3O. The topological polar surface area (TPSA) is 54.0 Å². The average Bonchev–Trinajstić information content (AvgIpc) is 2.48. The van der Waals surface area contributed by atoms with E-state index in [1.54, 1.807) is 24.4 Å². The lowest BCUT2D eigenvalue weighted by Crippen LogP contribution is -2.14. The van der Waals surface area contributed by atoms with Crippen LogP contribution in [0, 0.1) is 0 Å². The summed E-state index contributed by atoms with van der Waals surface area (Å²) >= 11 is 9.39. The van der Waals surface area contributed by atoms with Crippen molar-refractivity contribution in [3.8, 4) is 0 Å². The number of anilines is 2. The van der Waals surface area contributed by atoms with Gasteiger partial charge in [-0.3, -0.25) is 4.79 Å². The van der Waals surface area contributed by atoms with Gasteiger partial charge in [-0.15, -0.1) is 0 Å². The first-order valence-corrected chi connectivity index (χ1v) is 7.73. The summed E-state index contributed by atoms with van der Waals surface area (Å²) in [6, 6.07) is 8.79. The van der Waals surface area contributed by atoms with Crippen LogP contribution in [0.3, 0.4) is 0 Å². The fourth-order valence-corrected chi connectivity index (χ4v) is 2.40. The highest BCUT2D eigenvalue weighted by molar-refractivity contribution is 9.10. The van der Waals surface area contributed by atoms with E-state index in [1.807, 2.05) is 12.1 Å². The molecule has 6 heteroatoms. The van der Waals surface area contributed by atoms with Crippen molar-refractivity contribution in [1.29, 1.82) is 0 Å². The first-order valence-electron chi connectivity index (χ1n) is 6.56. The van der Waals surface area contributed by atoms with E-state index in [2.05, 4.69) is 38.5 Å². The number of hydrogen-bond acceptors (Lipinski definition) is 3. The molecule has 110 valence electrons. The van der Waals surface area contributed by atoms with E-state index in [0.29, 0.717) is 16.4 Å². The summed E-state index contributed by atoms with van der Waals surface area (Å²) in [5, 5.41) is 6.42. The van der Waals surface area contributed by atoms with E-state index in [-0.39, 0.29) is 5.91 Å². The Balaban J connectivity index is 2.06. The van der Waals surface area contributed by atoms with Gasteiger partial charge in [0.1, 0.15) is 5.69 Å². The Morgan fingerprint density at radius 2 is 2.14 bits per heavy atom. The fourth-order valence-electron chi connectivity index (χ4n) is 1.68. The summed E-state index contributed by atoms with van der Waals surface area (Å²) in [7, 11) is 0. The van der Waals surface area contributed by atoms with Crippen molar-refractivity contribution < 1.29 is 4.79 Å². The van der Waals surface area contributed by atoms with E-state index < -0.39 is 0 Å². The number of carbonyl (C=O) groups is 1. The van der Waals surface area contributed by atoms with Gasteiger partial charge < -0.3 is 10.6 Å². The zero-order valence-electron chi connectivity index (χ0n) is 11.5. The lowest BCUT2D eigenvalue weighted by Gasteiger charge is -2.08. The molecule has 2 N–H and O–H groups in total. The van der Waals surface area contributed by atoms with E-state index in [0.717, 1.165) is 23.1 Å². The van der Waals surface area contributed by atoms with Gasteiger partial charge in [0.25, 0.3) is 5.91 Å². The zero-order valence-corrected chi connectivity index (χ0v) is 13.8. The molecule has 1 amide bonds. The standard InChI is InChI=1S/C15H15BrClN3O/c1-2-7-18-11-4-6-14(19-9-11)15(21)20-13-5-3-10(16)8-12(13)17/h3-6,8-9,18H,2,7H2,1H3,(H,20,21). The Morgan fingerprint density at radius 3 is 2.76 bits per heavy atom. The normalized spacial score (nSPS) is 10.2. The van der Waals surface area contributed by atoms with E-state index >= 15 is 0 Å². The Morgan fingerprint density at radius 1 is 1.33 bits per heavy atom. The van der Waals surface area contributed by atoms with Crippen molar-refractivity contribution in [2.45, 2.75) is 13.3 Å². The molecule has 1 heterocycles. The maximum absolute atomic E-state index is 12.1. The Hall–Kier alpha value is -1.59. The predicted octanol–water partition coefficient (Wildman–Crippen LogP) is 4.57. The number of hydrogen-bond donors (Lipinski definition) is 2. The molecule has 0 unspecified atom stereocenters. The van der Waals surface area contributed by atoms with Crippen molar-refractivity contribution in [3.05, 3.63) is 51.7 Å². The molecule has 0 fully saturated rings. The highest BCUT2D eigenvalue weighted by atomic mass is 79.9. The number of halogens is 2. The van der Waals surface area contributed by atoms with Gasteiger partial charge in [0.15, 0.2) is 0 Å². The molecule has 4 nitrogen and oxygen atoms in total. The predicted molar refractivity (Wildman–Crippen MR) is 90.1 cm³/mol. The van der Waals surface area contributed by atoms with Crippen LogP contribution < -0.4 is 10.6 Å². The van der Waals surface area contributed by atoms with Gasteiger partial charge >= 0.3 is 0 Å². The lowest BCUT2D eigenvalue weighted by molar-refractivity contribution is 0.102. The van der Waals surface area contributed by atoms with Gasteiger partial charge in [-0.25, -0.2) is 4.98 Å². The molecule has 21 heavy (non-hydrogen) atoms. The SMILES string of the molecule is CCCNc1ccc(C(=O)Nc2ccc(Br)cc2Cl)nc1. The minimum Gasteiger partial charge on any atom is -0.384 e. The molecule has 0 spiro atoms. The van der Waals surface area contributed by atoms with Gasteiger partial charge in [-0.1, -0.05) is 34.5 Å². The summed E-state index contributed by atoms with van der Waals surface area (Å²) in [5.74, 6) is -0.290. The summed E-state index contributed by atoms with van der Waals surface area (Å²) < 4.78 is 0.856. The van der Waals surface area contributed by atoms with Crippen LogP contribution in [-0.2, 0) is 0 Å². The maximum atomic E-state index is 12.1. The third kappa shape index (κ3) is 4.44. The first-order chi connectivity index (χ1) is 10.1. The smallest absolute Gasteiger partial charge is 0.274 e. The molecule has 0 saturated carbocycles.